The van der Waals surface area contributed by atoms with Crippen LogP contribution in [0.3, 0.4) is 0 Å². The van der Waals surface area contributed by atoms with Crippen molar-refractivity contribution in [2.75, 3.05) is 11.1 Å². The Morgan fingerprint density at radius 2 is 2.17 bits per heavy atom. The summed E-state index contributed by atoms with van der Waals surface area (Å²) < 4.78 is 5.37. The summed E-state index contributed by atoms with van der Waals surface area (Å²) >= 11 is 2.35. The highest BCUT2D eigenvalue weighted by molar-refractivity contribution is 7.99. The molecule has 0 spiro atoms. The van der Waals surface area contributed by atoms with E-state index in [9.17, 15) is 19.7 Å². The van der Waals surface area contributed by atoms with Crippen LogP contribution in [0.2, 0.25) is 0 Å². The Labute approximate surface area is 172 Å². The van der Waals surface area contributed by atoms with Crippen LogP contribution in [-0.2, 0) is 11.3 Å². The molecule has 0 bridgehead atoms. The lowest BCUT2D eigenvalue weighted by molar-refractivity contribution is -0.385. The van der Waals surface area contributed by atoms with Gasteiger partial charge in [-0.1, -0.05) is 17.8 Å². The minimum Gasteiger partial charge on any atom is -0.414 e. The molecular formula is C16H14N6O5S2. The van der Waals surface area contributed by atoms with E-state index in [-0.39, 0.29) is 46.1 Å². The van der Waals surface area contributed by atoms with Gasteiger partial charge in [-0.15, -0.1) is 21.5 Å². The summed E-state index contributed by atoms with van der Waals surface area (Å²) in [5.74, 6) is -0.565. The van der Waals surface area contributed by atoms with Crippen LogP contribution in [0, 0.1) is 17.0 Å². The molecule has 0 unspecified atom stereocenters. The van der Waals surface area contributed by atoms with E-state index < -0.39 is 10.8 Å². The SMILES string of the molecule is Cc1c(C(=O)NCc2nnc(SCC(=O)Nc3nccs3)o2)cccc1[N+](=O)[O-]. The van der Waals surface area contributed by atoms with Crippen molar-refractivity contribution in [3.8, 4) is 0 Å². The maximum atomic E-state index is 12.3. The number of thioether (sulfide) groups is 1. The predicted octanol–water partition coefficient (Wildman–Crippen LogP) is 2.40. The summed E-state index contributed by atoms with van der Waals surface area (Å²) in [7, 11) is 0. The second kappa shape index (κ2) is 9.25. The number of nitrogens with one attached hydrogen (secondary N) is 2. The molecule has 13 heteroatoms. The highest BCUT2D eigenvalue weighted by Crippen LogP contribution is 2.21. The molecule has 0 aliphatic heterocycles. The number of carbonyl (C=O) groups excluding carboxylic acids is 2. The summed E-state index contributed by atoms with van der Waals surface area (Å²) in [4.78, 5) is 38.5. The number of nitro benzene ring substituents is 1. The van der Waals surface area contributed by atoms with Crippen molar-refractivity contribution in [1.82, 2.24) is 20.5 Å². The Hall–Kier alpha value is -3.32. The Balaban J connectivity index is 1.51. The van der Waals surface area contributed by atoms with Gasteiger partial charge >= 0.3 is 0 Å². The maximum Gasteiger partial charge on any atom is 0.277 e. The van der Waals surface area contributed by atoms with Crippen LogP contribution in [-0.4, -0.2) is 37.7 Å². The average molecular weight is 434 g/mol. The van der Waals surface area contributed by atoms with Gasteiger partial charge < -0.3 is 15.1 Å². The van der Waals surface area contributed by atoms with Crippen molar-refractivity contribution in [2.24, 2.45) is 0 Å². The average Bonchev–Trinajstić information content (AvgIpc) is 3.36. The zero-order valence-corrected chi connectivity index (χ0v) is 16.6. The number of aromatic nitrogens is 3. The highest BCUT2D eigenvalue weighted by Gasteiger charge is 2.18. The second-order valence-electron chi connectivity index (χ2n) is 5.53. The first kappa shape index (κ1) is 20.4. The van der Waals surface area contributed by atoms with Crippen LogP contribution in [0.15, 0.2) is 39.4 Å². The van der Waals surface area contributed by atoms with E-state index in [2.05, 4.69) is 25.8 Å². The Bertz CT molecular complexity index is 1040. The van der Waals surface area contributed by atoms with Crippen molar-refractivity contribution >= 4 is 45.7 Å². The van der Waals surface area contributed by atoms with E-state index in [1.54, 1.807) is 11.6 Å². The molecule has 2 N–H and O–H groups in total. The summed E-state index contributed by atoms with van der Waals surface area (Å²) in [6.45, 7) is 1.45. The van der Waals surface area contributed by atoms with Gasteiger partial charge in [0.2, 0.25) is 11.8 Å². The summed E-state index contributed by atoms with van der Waals surface area (Å²) in [5, 5.41) is 26.2. The standard InChI is InChI=1S/C16H14N6O5S2/c1-9-10(3-2-4-11(9)22(25)26)14(24)18-7-13-20-21-16(27-13)29-8-12(23)19-15-17-5-6-28-15/h2-6H,7-8H2,1H3,(H,18,24)(H,17,19,23). The molecule has 0 atom stereocenters. The molecule has 0 aliphatic carbocycles. The minimum atomic E-state index is -0.543. The third kappa shape index (κ3) is 5.36. The lowest BCUT2D eigenvalue weighted by Gasteiger charge is -2.06. The number of anilines is 1. The maximum absolute atomic E-state index is 12.3. The Morgan fingerprint density at radius 3 is 2.90 bits per heavy atom. The van der Waals surface area contributed by atoms with E-state index in [1.165, 1.54) is 36.5 Å². The fourth-order valence-electron chi connectivity index (χ4n) is 2.25. The van der Waals surface area contributed by atoms with Gasteiger partial charge in [0.15, 0.2) is 5.13 Å². The predicted molar refractivity (Wildman–Crippen MR) is 105 cm³/mol. The molecule has 3 rings (SSSR count). The third-order valence-electron chi connectivity index (χ3n) is 3.60. The highest BCUT2D eigenvalue weighted by atomic mass is 32.2. The number of rotatable bonds is 8. The smallest absolute Gasteiger partial charge is 0.277 e. The van der Waals surface area contributed by atoms with Gasteiger partial charge in [0, 0.05) is 28.8 Å². The van der Waals surface area contributed by atoms with E-state index >= 15 is 0 Å². The van der Waals surface area contributed by atoms with E-state index in [0.717, 1.165) is 11.8 Å². The quantitative estimate of drug-likeness (QED) is 0.309. The number of thiazole rings is 1. The van der Waals surface area contributed by atoms with E-state index in [4.69, 9.17) is 4.42 Å². The monoisotopic (exact) mass is 434 g/mol. The minimum absolute atomic E-state index is 0.0557. The van der Waals surface area contributed by atoms with Crippen molar-refractivity contribution < 1.29 is 18.9 Å². The van der Waals surface area contributed by atoms with Gasteiger partial charge in [0.1, 0.15) is 0 Å². The fourth-order valence-corrected chi connectivity index (χ4v) is 3.38. The molecule has 11 nitrogen and oxygen atoms in total. The zero-order chi connectivity index (χ0) is 20.8. The van der Waals surface area contributed by atoms with E-state index in [1.807, 2.05) is 0 Å². The summed E-state index contributed by atoms with van der Waals surface area (Å²) in [6.07, 6.45) is 1.58. The van der Waals surface area contributed by atoms with Crippen LogP contribution in [0.25, 0.3) is 0 Å². The van der Waals surface area contributed by atoms with Crippen LogP contribution in [0.1, 0.15) is 21.8 Å². The number of nitrogens with zero attached hydrogens (tertiary/aromatic N) is 4. The number of amides is 2. The molecule has 29 heavy (non-hydrogen) atoms. The molecule has 0 fully saturated rings. The molecule has 3 aromatic rings. The van der Waals surface area contributed by atoms with Crippen LogP contribution in [0.5, 0.6) is 0 Å². The molecular weight excluding hydrogens is 420 g/mol. The van der Waals surface area contributed by atoms with Crippen molar-refractivity contribution in [3.05, 3.63) is 56.9 Å². The molecule has 2 aromatic heterocycles. The molecule has 0 aliphatic rings. The fraction of sp³-hybridized carbons (Fsp3) is 0.188. The van der Waals surface area contributed by atoms with Gasteiger partial charge in [0.05, 0.1) is 17.2 Å². The largest absolute Gasteiger partial charge is 0.414 e. The normalized spacial score (nSPS) is 10.5. The second-order valence-corrected chi connectivity index (χ2v) is 7.35. The Morgan fingerprint density at radius 1 is 1.34 bits per heavy atom. The van der Waals surface area contributed by atoms with E-state index in [0.29, 0.717) is 5.13 Å². The van der Waals surface area contributed by atoms with Crippen LogP contribution < -0.4 is 10.6 Å². The van der Waals surface area contributed by atoms with Crippen molar-refractivity contribution in [2.45, 2.75) is 18.7 Å². The van der Waals surface area contributed by atoms with Crippen LogP contribution >= 0.6 is 23.1 Å². The lowest BCUT2D eigenvalue weighted by Crippen LogP contribution is -2.24. The first-order chi connectivity index (χ1) is 13.9. The van der Waals surface area contributed by atoms with Gasteiger partial charge in [-0.3, -0.25) is 19.7 Å². The molecule has 0 saturated carbocycles. The molecule has 0 radical (unpaired) electrons. The Kier molecular flexibility index (Phi) is 6.51. The zero-order valence-electron chi connectivity index (χ0n) is 14.9. The van der Waals surface area contributed by atoms with Crippen molar-refractivity contribution in [1.29, 1.82) is 0 Å². The van der Waals surface area contributed by atoms with Gasteiger partial charge in [0.25, 0.3) is 16.8 Å². The molecule has 150 valence electrons. The number of hydrogen-bond donors (Lipinski definition) is 2. The molecule has 0 saturated heterocycles. The number of hydrogen-bond acceptors (Lipinski definition) is 10. The molecule has 2 amide bonds. The number of nitro groups is 1. The third-order valence-corrected chi connectivity index (χ3v) is 5.11. The number of carbonyl (C=O) groups is 2. The van der Waals surface area contributed by atoms with Crippen LogP contribution in [0.4, 0.5) is 10.8 Å². The topological polar surface area (TPSA) is 153 Å². The lowest BCUT2D eigenvalue weighted by atomic mass is 10.1. The van der Waals surface area contributed by atoms with Gasteiger partial charge in [-0.2, -0.15) is 0 Å². The van der Waals surface area contributed by atoms with Crippen molar-refractivity contribution in [3.63, 3.8) is 0 Å². The number of benzene rings is 1. The summed E-state index contributed by atoms with van der Waals surface area (Å²) in [6, 6.07) is 4.27. The first-order valence-corrected chi connectivity index (χ1v) is 9.97. The van der Waals surface area contributed by atoms with Gasteiger partial charge in [-0.25, -0.2) is 4.98 Å². The first-order valence-electron chi connectivity index (χ1n) is 8.10. The van der Waals surface area contributed by atoms with Gasteiger partial charge in [-0.05, 0) is 13.0 Å². The summed E-state index contributed by atoms with van der Waals surface area (Å²) in [5.41, 5.74) is 0.320. The molecule has 2 heterocycles. The molecule has 1 aromatic carbocycles.